The number of rotatable bonds is 1. The van der Waals surface area contributed by atoms with Crippen molar-refractivity contribution in [2.45, 2.75) is 13.0 Å². The number of amides is 1. The van der Waals surface area contributed by atoms with Crippen molar-refractivity contribution in [1.29, 1.82) is 10.7 Å². The lowest BCUT2D eigenvalue weighted by Crippen LogP contribution is -2.34. The van der Waals surface area contributed by atoms with E-state index in [9.17, 15) is 14.4 Å². The first-order valence-corrected chi connectivity index (χ1v) is 9.14. The van der Waals surface area contributed by atoms with Crippen molar-refractivity contribution in [3.05, 3.63) is 58.7 Å². The summed E-state index contributed by atoms with van der Waals surface area (Å²) >= 11 is 0. The van der Waals surface area contributed by atoms with Crippen LogP contribution in [0.1, 0.15) is 34.5 Å². The standard InChI is InChI=1S/C21H21FN6O2/c1-11-15-7-13(22)4-5-14(15)21(29)28(3)10-16(24)19(17(8-23)26-2)12-6-18(30-11)20(25)27-9-12/h4-7,9,11,24,26H,10H2,1-3H3,(H2,25,27)/b19-17-,24-16?. The Labute approximate surface area is 173 Å². The minimum absolute atomic E-state index is 0.0200. The molecule has 8 nitrogen and oxygen atoms in total. The number of aromatic nitrogens is 1. The molecule has 9 heteroatoms. The van der Waals surface area contributed by atoms with Gasteiger partial charge in [-0.2, -0.15) is 5.26 Å². The Kier molecular flexibility index (Phi) is 5.69. The van der Waals surface area contributed by atoms with E-state index in [0.717, 1.165) is 0 Å². The van der Waals surface area contributed by atoms with Crippen LogP contribution in [-0.4, -0.2) is 42.1 Å². The van der Waals surface area contributed by atoms with Crippen LogP contribution in [0.5, 0.6) is 5.75 Å². The van der Waals surface area contributed by atoms with Gasteiger partial charge in [0.2, 0.25) is 0 Å². The van der Waals surface area contributed by atoms with E-state index >= 15 is 0 Å². The van der Waals surface area contributed by atoms with Crippen molar-refractivity contribution in [3.8, 4) is 11.8 Å². The van der Waals surface area contributed by atoms with Crippen molar-refractivity contribution in [1.82, 2.24) is 15.2 Å². The molecule has 4 N–H and O–H groups in total. The van der Waals surface area contributed by atoms with Crippen LogP contribution in [0.2, 0.25) is 0 Å². The topological polar surface area (TPSA) is 128 Å². The minimum atomic E-state index is -0.710. The fourth-order valence-electron chi connectivity index (χ4n) is 3.30. The van der Waals surface area contributed by atoms with Crippen LogP contribution in [0.4, 0.5) is 10.2 Å². The second-order valence-corrected chi connectivity index (χ2v) is 6.85. The molecule has 154 valence electrons. The first kappa shape index (κ1) is 20.8. The second-order valence-electron chi connectivity index (χ2n) is 6.85. The first-order chi connectivity index (χ1) is 14.3. The lowest BCUT2D eigenvalue weighted by molar-refractivity contribution is 0.0810. The molecule has 2 aromatic rings. The summed E-state index contributed by atoms with van der Waals surface area (Å²) in [4.78, 5) is 18.5. The van der Waals surface area contributed by atoms with Gasteiger partial charge in [-0.3, -0.25) is 4.79 Å². The summed E-state index contributed by atoms with van der Waals surface area (Å²) in [5.74, 6) is -0.603. The van der Waals surface area contributed by atoms with E-state index < -0.39 is 17.8 Å². The third kappa shape index (κ3) is 3.80. The van der Waals surface area contributed by atoms with E-state index in [1.165, 1.54) is 36.3 Å². The van der Waals surface area contributed by atoms with Crippen LogP contribution in [0, 0.1) is 22.6 Å². The van der Waals surface area contributed by atoms with Gasteiger partial charge in [0.05, 0.1) is 12.3 Å². The number of nitriles is 1. The van der Waals surface area contributed by atoms with Gasteiger partial charge in [0.15, 0.2) is 11.6 Å². The van der Waals surface area contributed by atoms with E-state index in [1.807, 2.05) is 6.07 Å². The maximum atomic E-state index is 13.9. The molecule has 2 bridgehead atoms. The fourth-order valence-corrected chi connectivity index (χ4v) is 3.30. The van der Waals surface area contributed by atoms with Gasteiger partial charge in [0, 0.05) is 42.6 Å². The molecule has 0 aliphatic carbocycles. The molecular weight excluding hydrogens is 387 g/mol. The number of pyridine rings is 1. The average molecular weight is 408 g/mol. The molecule has 1 aromatic carbocycles. The van der Waals surface area contributed by atoms with Crippen LogP contribution in [0.25, 0.3) is 5.57 Å². The highest BCUT2D eigenvalue weighted by molar-refractivity contribution is 6.25. The van der Waals surface area contributed by atoms with E-state index in [4.69, 9.17) is 15.9 Å². The van der Waals surface area contributed by atoms with Crippen molar-refractivity contribution in [2.75, 3.05) is 26.4 Å². The number of ether oxygens (including phenoxy) is 1. The normalized spacial score (nSPS) is 18.4. The summed E-state index contributed by atoms with van der Waals surface area (Å²) in [5, 5.41) is 20.9. The van der Waals surface area contributed by atoms with Crippen molar-refractivity contribution >= 4 is 23.0 Å². The SMILES string of the molecule is CN/C(C#N)=C1\C(=N)CN(C)C(=O)c2ccc(F)cc2C(C)Oc2cc1cnc2N. The Balaban J connectivity index is 2.27. The third-order valence-corrected chi connectivity index (χ3v) is 4.81. The monoisotopic (exact) mass is 408 g/mol. The van der Waals surface area contributed by atoms with E-state index in [2.05, 4.69) is 10.3 Å². The Morgan fingerprint density at radius 3 is 2.87 bits per heavy atom. The number of allylic oxidation sites excluding steroid dienone is 1. The summed E-state index contributed by atoms with van der Waals surface area (Å²) in [6, 6.07) is 7.45. The largest absolute Gasteiger partial charge is 0.482 e. The summed E-state index contributed by atoms with van der Waals surface area (Å²) in [5.41, 5.74) is 7.45. The van der Waals surface area contributed by atoms with Gasteiger partial charge in [-0.15, -0.1) is 0 Å². The number of hydrogen-bond donors (Lipinski definition) is 3. The number of nitrogens with two attached hydrogens (primary N) is 1. The number of nitrogens with one attached hydrogen (secondary N) is 2. The molecule has 2 heterocycles. The van der Waals surface area contributed by atoms with Gasteiger partial charge in [-0.25, -0.2) is 9.37 Å². The van der Waals surface area contributed by atoms with Crippen molar-refractivity contribution < 1.29 is 13.9 Å². The molecule has 0 saturated heterocycles. The quantitative estimate of drug-likeness (QED) is 0.622. The van der Waals surface area contributed by atoms with Crippen molar-refractivity contribution in [3.63, 3.8) is 0 Å². The second kappa shape index (κ2) is 8.21. The predicted molar refractivity (Wildman–Crippen MR) is 110 cm³/mol. The maximum Gasteiger partial charge on any atom is 0.254 e. The van der Waals surface area contributed by atoms with Gasteiger partial charge in [0.25, 0.3) is 5.91 Å². The molecule has 0 radical (unpaired) electrons. The van der Waals surface area contributed by atoms with Crippen LogP contribution in [-0.2, 0) is 0 Å². The highest BCUT2D eigenvalue weighted by Crippen LogP contribution is 2.32. The molecule has 0 saturated carbocycles. The number of hydrogen-bond acceptors (Lipinski definition) is 7. The number of halogens is 1. The number of nitrogen functional groups attached to an aromatic ring is 1. The third-order valence-electron chi connectivity index (χ3n) is 4.81. The zero-order valence-corrected chi connectivity index (χ0v) is 16.8. The zero-order chi connectivity index (χ0) is 22.0. The molecule has 1 atom stereocenters. The molecule has 30 heavy (non-hydrogen) atoms. The van der Waals surface area contributed by atoms with Gasteiger partial charge in [-0.05, 0) is 31.2 Å². The summed E-state index contributed by atoms with van der Waals surface area (Å²) in [7, 11) is 3.11. The smallest absolute Gasteiger partial charge is 0.254 e. The number of carbonyl (C=O) groups excluding carboxylic acids is 1. The zero-order valence-electron chi connectivity index (χ0n) is 16.8. The molecule has 1 aromatic heterocycles. The number of nitrogens with zero attached hydrogens (tertiary/aromatic N) is 3. The van der Waals surface area contributed by atoms with Gasteiger partial charge >= 0.3 is 0 Å². The summed E-state index contributed by atoms with van der Waals surface area (Å²) < 4.78 is 19.9. The van der Waals surface area contributed by atoms with Crippen LogP contribution in [0.15, 0.2) is 36.2 Å². The molecule has 0 fully saturated rings. The van der Waals surface area contributed by atoms with Crippen molar-refractivity contribution in [2.24, 2.45) is 0 Å². The Morgan fingerprint density at radius 1 is 1.47 bits per heavy atom. The lowest BCUT2D eigenvalue weighted by Gasteiger charge is -2.25. The van der Waals surface area contributed by atoms with E-state index in [0.29, 0.717) is 11.1 Å². The van der Waals surface area contributed by atoms with E-state index in [-0.39, 0.29) is 40.7 Å². The average Bonchev–Trinajstić information content (AvgIpc) is 2.72. The maximum absolute atomic E-state index is 13.9. The highest BCUT2D eigenvalue weighted by Gasteiger charge is 2.26. The number of fused-ring (bicyclic) bond motifs is 3. The predicted octanol–water partition coefficient (Wildman–Crippen LogP) is 2.50. The number of carbonyl (C=O) groups is 1. The summed E-state index contributed by atoms with van der Waals surface area (Å²) in [6.45, 7) is 1.60. The molecular formula is C21H21FN6O2. The highest BCUT2D eigenvalue weighted by atomic mass is 19.1. The first-order valence-electron chi connectivity index (χ1n) is 9.14. The molecule has 1 aliphatic rings. The minimum Gasteiger partial charge on any atom is -0.482 e. The number of benzene rings is 1. The Morgan fingerprint density at radius 2 is 2.20 bits per heavy atom. The summed E-state index contributed by atoms with van der Waals surface area (Å²) in [6.07, 6.45) is 0.727. The lowest BCUT2D eigenvalue weighted by atomic mass is 9.98. The Bertz CT molecular complexity index is 1110. The Hall–Kier alpha value is -3.93. The fraction of sp³-hybridized carbons (Fsp3) is 0.238. The molecule has 3 rings (SSSR count). The number of anilines is 1. The van der Waals surface area contributed by atoms with Gasteiger partial charge < -0.3 is 26.1 Å². The van der Waals surface area contributed by atoms with Crippen LogP contribution in [0.3, 0.4) is 0 Å². The molecule has 1 unspecified atom stereocenters. The van der Waals surface area contributed by atoms with Crippen LogP contribution < -0.4 is 15.8 Å². The van der Waals surface area contributed by atoms with E-state index in [1.54, 1.807) is 20.0 Å². The van der Waals surface area contributed by atoms with Gasteiger partial charge in [0.1, 0.15) is 23.7 Å². The molecule has 1 aliphatic heterocycles. The van der Waals surface area contributed by atoms with Crippen LogP contribution >= 0.6 is 0 Å². The molecule has 1 amide bonds. The van der Waals surface area contributed by atoms with Gasteiger partial charge in [-0.1, -0.05) is 0 Å². The molecule has 0 spiro atoms.